The summed E-state index contributed by atoms with van der Waals surface area (Å²) in [6, 6.07) is 9.54. The van der Waals surface area contributed by atoms with Crippen molar-refractivity contribution in [3.63, 3.8) is 0 Å². The van der Waals surface area contributed by atoms with Crippen molar-refractivity contribution < 1.29 is 4.79 Å². The maximum absolute atomic E-state index is 11.8. The molecule has 0 bridgehead atoms. The zero-order valence-electron chi connectivity index (χ0n) is 10.4. The number of amides is 1. The molecule has 98 valence electrons. The molecule has 2 aromatic rings. The quantitative estimate of drug-likeness (QED) is 0.771. The van der Waals surface area contributed by atoms with Crippen LogP contribution in [0.4, 0.5) is 5.82 Å². The van der Waals surface area contributed by atoms with E-state index in [-0.39, 0.29) is 18.0 Å². The van der Waals surface area contributed by atoms with Gasteiger partial charge in [-0.3, -0.25) is 9.59 Å². The molecule has 1 aliphatic rings. The van der Waals surface area contributed by atoms with Crippen LogP contribution >= 0.6 is 0 Å². The molecule has 1 saturated carbocycles. The summed E-state index contributed by atoms with van der Waals surface area (Å²) in [5.74, 6) is 0.520. The predicted molar refractivity (Wildman–Crippen MR) is 74.2 cm³/mol. The molecule has 5 nitrogen and oxygen atoms in total. The molecule has 1 aromatic carbocycles. The third-order valence-corrected chi connectivity index (χ3v) is 3.14. The summed E-state index contributed by atoms with van der Waals surface area (Å²) < 4.78 is 0. The van der Waals surface area contributed by atoms with E-state index in [0.717, 1.165) is 18.2 Å². The summed E-state index contributed by atoms with van der Waals surface area (Å²) >= 11 is 0. The molecule has 0 unspecified atom stereocenters. The van der Waals surface area contributed by atoms with Crippen LogP contribution in [0.5, 0.6) is 0 Å². The molecule has 0 atom stereocenters. The Hall–Kier alpha value is -2.30. The van der Waals surface area contributed by atoms with Crippen LogP contribution in [0.15, 0.2) is 35.1 Å². The van der Waals surface area contributed by atoms with E-state index >= 15 is 0 Å². The molecule has 0 aliphatic heterocycles. The molecular weight excluding hydrogens is 242 g/mol. The number of fused-ring (bicyclic) bond motifs is 1. The minimum Gasteiger partial charge on any atom is -0.362 e. The number of anilines is 1. The standard InChI is InChI=1S/C14H15N3O2/c18-13(16-10-5-6-10)8-15-12-7-9-3-1-2-4-11(9)14(19)17-12/h1-4,7,10H,5-6,8H2,(H,16,18)(H2,15,17,19). The second-order valence-electron chi connectivity index (χ2n) is 4.79. The first kappa shape index (κ1) is 11.8. The fourth-order valence-electron chi connectivity index (χ4n) is 1.99. The Morgan fingerprint density at radius 1 is 1.32 bits per heavy atom. The second kappa shape index (κ2) is 4.76. The van der Waals surface area contributed by atoms with Gasteiger partial charge in [0.25, 0.3) is 5.56 Å². The van der Waals surface area contributed by atoms with Gasteiger partial charge in [-0.15, -0.1) is 0 Å². The van der Waals surface area contributed by atoms with E-state index in [1.165, 1.54) is 0 Å². The van der Waals surface area contributed by atoms with Gasteiger partial charge in [0.2, 0.25) is 5.91 Å². The van der Waals surface area contributed by atoms with Crippen LogP contribution in [0.1, 0.15) is 12.8 Å². The molecular formula is C14H15N3O2. The van der Waals surface area contributed by atoms with Gasteiger partial charge in [-0.2, -0.15) is 0 Å². The van der Waals surface area contributed by atoms with Crippen molar-refractivity contribution in [3.05, 3.63) is 40.7 Å². The van der Waals surface area contributed by atoms with Crippen molar-refractivity contribution in [1.29, 1.82) is 0 Å². The molecule has 0 saturated heterocycles. The Morgan fingerprint density at radius 3 is 2.89 bits per heavy atom. The Balaban J connectivity index is 1.73. The Labute approximate surface area is 110 Å². The molecule has 3 rings (SSSR count). The fraction of sp³-hybridized carbons (Fsp3) is 0.286. The van der Waals surface area contributed by atoms with E-state index in [4.69, 9.17) is 0 Å². The third kappa shape index (κ3) is 2.76. The number of H-pyrrole nitrogens is 1. The zero-order valence-corrected chi connectivity index (χ0v) is 10.4. The first-order valence-electron chi connectivity index (χ1n) is 6.38. The number of carbonyl (C=O) groups is 1. The van der Waals surface area contributed by atoms with Gasteiger partial charge in [0.15, 0.2) is 0 Å². The Morgan fingerprint density at radius 2 is 2.11 bits per heavy atom. The highest BCUT2D eigenvalue weighted by atomic mass is 16.2. The number of hydrogen-bond acceptors (Lipinski definition) is 3. The van der Waals surface area contributed by atoms with Gasteiger partial charge in [-0.05, 0) is 30.4 Å². The van der Waals surface area contributed by atoms with Crippen LogP contribution in [0, 0.1) is 0 Å². The van der Waals surface area contributed by atoms with Crippen LogP contribution in [0.2, 0.25) is 0 Å². The topological polar surface area (TPSA) is 74.0 Å². The summed E-state index contributed by atoms with van der Waals surface area (Å²) in [5.41, 5.74) is -0.150. The van der Waals surface area contributed by atoms with Crippen molar-refractivity contribution in [2.45, 2.75) is 18.9 Å². The molecule has 19 heavy (non-hydrogen) atoms. The maximum Gasteiger partial charge on any atom is 0.257 e. The smallest absolute Gasteiger partial charge is 0.257 e. The van der Waals surface area contributed by atoms with Crippen molar-refractivity contribution >= 4 is 22.5 Å². The SMILES string of the molecule is O=C(CNc1cc2ccccc2c(=O)[nH]1)NC1CC1. The van der Waals surface area contributed by atoms with Crippen molar-refractivity contribution in [1.82, 2.24) is 10.3 Å². The number of aromatic nitrogens is 1. The zero-order chi connectivity index (χ0) is 13.2. The van der Waals surface area contributed by atoms with Gasteiger partial charge >= 0.3 is 0 Å². The van der Waals surface area contributed by atoms with Gasteiger partial charge in [0, 0.05) is 11.4 Å². The number of hydrogen-bond donors (Lipinski definition) is 3. The highest BCUT2D eigenvalue weighted by Gasteiger charge is 2.22. The summed E-state index contributed by atoms with van der Waals surface area (Å²) in [4.78, 5) is 26.1. The normalized spacial score (nSPS) is 14.3. The van der Waals surface area contributed by atoms with E-state index in [0.29, 0.717) is 17.2 Å². The molecule has 1 amide bonds. The number of benzene rings is 1. The van der Waals surface area contributed by atoms with Crippen molar-refractivity contribution in [3.8, 4) is 0 Å². The molecule has 0 spiro atoms. The van der Waals surface area contributed by atoms with Crippen molar-refractivity contribution in [2.24, 2.45) is 0 Å². The average molecular weight is 257 g/mol. The van der Waals surface area contributed by atoms with E-state index in [9.17, 15) is 9.59 Å². The Bertz CT molecular complexity index is 674. The number of rotatable bonds is 4. The van der Waals surface area contributed by atoms with Gasteiger partial charge in [0.05, 0.1) is 6.54 Å². The lowest BCUT2D eigenvalue weighted by molar-refractivity contribution is -0.119. The largest absolute Gasteiger partial charge is 0.362 e. The highest BCUT2D eigenvalue weighted by molar-refractivity contribution is 5.85. The first-order valence-corrected chi connectivity index (χ1v) is 6.38. The molecule has 1 aliphatic carbocycles. The van der Waals surface area contributed by atoms with Crippen LogP contribution in [-0.2, 0) is 4.79 Å². The minimum atomic E-state index is -0.150. The van der Waals surface area contributed by atoms with Crippen LogP contribution in [0.3, 0.4) is 0 Å². The van der Waals surface area contributed by atoms with Crippen LogP contribution in [0.25, 0.3) is 10.8 Å². The average Bonchev–Trinajstić information content (AvgIpc) is 3.20. The van der Waals surface area contributed by atoms with Gasteiger partial charge < -0.3 is 15.6 Å². The van der Waals surface area contributed by atoms with Gasteiger partial charge in [-0.1, -0.05) is 18.2 Å². The molecule has 3 N–H and O–H groups in total. The minimum absolute atomic E-state index is 0.0449. The monoisotopic (exact) mass is 257 g/mol. The van der Waals surface area contributed by atoms with E-state index in [1.807, 2.05) is 24.3 Å². The van der Waals surface area contributed by atoms with E-state index < -0.39 is 0 Å². The fourth-order valence-corrected chi connectivity index (χ4v) is 1.99. The second-order valence-corrected chi connectivity index (χ2v) is 4.79. The summed E-state index contributed by atoms with van der Waals surface area (Å²) in [6.07, 6.45) is 2.14. The lowest BCUT2D eigenvalue weighted by Gasteiger charge is -2.07. The highest BCUT2D eigenvalue weighted by Crippen LogP contribution is 2.18. The lowest BCUT2D eigenvalue weighted by Crippen LogP contribution is -2.31. The number of carbonyl (C=O) groups excluding carboxylic acids is 1. The Kier molecular flexibility index (Phi) is 2.95. The first-order chi connectivity index (χ1) is 9.22. The molecule has 1 fully saturated rings. The summed E-state index contributed by atoms with van der Waals surface area (Å²) in [6.45, 7) is 0.171. The van der Waals surface area contributed by atoms with E-state index in [1.54, 1.807) is 6.07 Å². The van der Waals surface area contributed by atoms with E-state index in [2.05, 4.69) is 15.6 Å². The number of pyridine rings is 1. The van der Waals surface area contributed by atoms with Gasteiger partial charge in [-0.25, -0.2) is 0 Å². The molecule has 1 heterocycles. The summed E-state index contributed by atoms with van der Waals surface area (Å²) in [7, 11) is 0. The third-order valence-electron chi connectivity index (χ3n) is 3.14. The number of nitrogens with one attached hydrogen (secondary N) is 3. The van der Waals surface area contributed by atoms with Crippen LogP contribution in [-0.4, -0.2) is 23.5 Å². The summed E-state index contributed by atoms with van der Waals surface area (Å²) in [5, 5.41) is 7.33. The predicted octanol–water partition coefficient (Wildman–Crippen LogP) is 1.22. The molecule has 1 aromatic heterocycles. The molecule has 5 heteroatoms. The van der Waals surface area contributed by atoms with Crippen molar-refractivity contribution in [2.75, 3.05) is 11.9 Å². The van der Waals surface area contributed by atoms with Crippen LogP contribution < -0.4 is 16.2 Å². The number of aromatic amines is 1. The maximum atomic E-state index is 11.8. The lowest BCUT2D eigenvalue weighted by atomic mass is 10.2. The van der Waals surface area contributed by atoms with Gasteiger partial charge in [0.1, 0.15) is 5.82 Å². The molecule has 0 radical (unpaired) electrons.